The minimum atomic E-state index is 0.324. The Balaban J connectivity index is 1.15. The standard InChI is InChI=1S/C24H37N5O/c1-17(30)18-3-5-21(6-4-18)28-11-9-19(10-12-28)20-13-25-24(26-14-20)29-22-7-8-23(29)16-27(2)15-22/h13-14,18-19,21-23H,3-12,15-16H2,1-2H3. The van der Waals surface area contributed by atoms with Crippen LogP contribution in [0.25, 0.3) is 0 Å². The SMILES string of the molecule is CC(=O)C1CCC(N2CCC(c3cnc(N4C5CCC4CN(C)C5)nc3)CC2)CC1. The molecular formula is C24H37N5O. The minimum absolute atomic E-state index is 0.324. The van der Waals surface area contributed by atoms with Gasteiger partial charge < -0.3 is 14.7 Å². The number of anilines is 1. The molecule has 4 fully saturated rings. The molecule has 1 saturated carbocycles. The van der Waals surface area contributed by atoms with Gasteiger partial charge in [0.05, 0.1) is 0 Å². The second-order valence-electron chi connectivity index (χ2n) is 10.3. The summed E-state index contributed by atoms with van der Waals surface area (Å²) in [5.74, 6) is 2.25. The van der Waals surface area contributed by atoms with Crippen LogP contribution in [0, 0.1) is 5.92 Å². The quantitative estimate of drug-likeness (QED) is 0.759. The van der Waals surface area contributed by atoms with E-state index in [4.69, 9.17) is 9.97 Å². The number of hydrogen-bond acceptors (Lipinski definition) is 6. The Kier molecular flexibility index (Phi) is 5.80. The summed E-state index contributed by atoms with van der Waals surface area (Å²) >= 11 is 0. The fourth-order valence-corrected chi connectivity index (χ4v) is 6.56. The number of hydrogen-bond donors (Lipinski definition) is 0. The Morgan fingerprint density at radius 3 is 2.00 bits per heavy atom. The van der Waals surface area contributed by atoms with Gasteiger partial charge in [0.15, 0.2) is 0 Å². The molecule has 0 N–H and O–H groups in total. The molecule has 5 rings (SSSR count). The van der Waals surface area contributed by atoms with Gasteiger partial charge in [0, 0.05) is 49.5 Å². The summed E-state index contributed by atoms with van der Waals surface area (Å²) in [6, 6.07) is 1.86. The first kappa shape index (κ1) is 20.4. The van der Waals surface area contributed by atoms with E-state index in [1.807, 2.05) is 0 Å². The highest BCUT2D eigenvalue weighted by atomic mass is 16.1. The van der Waals surface area contributed by atoms with Gasteiger partial charge in [0.2, 0.25) is 5.95 Å². The van der Waals surface area contributed by atoms with Crippen molar-refractivity contribution in [2.45, 2.75) is 82.3 Å². The number of rotatable bonds is 4. The topological polar surface area (TPSA) is 52.6 Å². The highest BCUT2D eigenvalue weighted by Gasteiger charge is 2.40. The van der Waals surface area contributed by atoms with E-state index in [9.17, 15) is 4.79 Å². The van der Waals surface area contributed by atoms with Crippen molar-refractivity contribution in [3.63, 3.8) is 0 Å². The molecule has 6 nitrogen and oxygen atoms in total. The van der Waals surface area contributed by atoms with Gasteiger partial charge in [-0.15, -0.1) is 0 Å². The second kappa shape index (κ2) is 8.54. The zero-order valence-electron chi connectivity index (χ0n) is 18.7. The number of likely N-dealkylation sites (N-methyl/N-ethyl adjacent to an activating group) is 1. The number of fused-ring (bicyclic) bond motifs is 2. The Bertz CT molecular complexity index is 722. The maximum Gasteiger partial charge on any atom is 0.225 e. The van der Waals surface area contributed by atoms with Gasteiger partial charge in [-0.3, -0.25) is 4.79 Å². The highest BCUT2D eigenvalue weighted by molar-refractivity contribution is 5.78. The molecule has 0 aromatic carbocycles. The van der Waals surface area contributed by atoms with Crippen molar-refractivity contribution < 1.29 is 4.79 Å². The molecule has 3 aliphatic heterocycles. The number of likely N-dealkylation sites (tertiary alicyclic amines) is 2. The summed E-state index contributed by atoms with van der Waals surface area (Å²) in [5.41, 5.74) is 1.32. The molecule has 1 aromatic heterocycles. The molecule has 2 unspecified atom stereocenters. The molecule has 0 spiro atoms. The van der Waals surface area contributed by atoms with E-state index in [0.29, 0.717) is 35.7 Å². The first-order chi connectivity index (χ1) is 14.6. The molecule has 4 aliphatic rings. The smallest absolute Gasteiger partial charge is 0.225 e. The molecule has 2 bridgehead atoms. The van der Waals surface area contributed by atoms with Crippen LogP contribution in [0.2, 0.25) is 0 Å². The van der Waals surface area contributed by atoms with Crippen molar-refractivity contribution >= 4 is 11.7 Å². The lowest BCUT2D eigenvalue weighted by Gasteiger charge is -2.41. The van der Waals surface area contributed by atoms with Crippen LogP contribution in [0.3, 0.4) is 0 Å². The number of nitrogens with zero attached hydrogens (tertiary/aromatic N) is 5. The predicted molar refractivity (Wildman–Crippen MR) is 119 cm³/mol. The van der Waals surface area contributed by atoms with Crippen LogP contribution in [0.15, 0.2) is 12.4 Å². The van der Waals surface area contributed by atoms with Gasteiger partial charge in [-0.1, -0.05) is 0 Å². The molecule has 1 aromatic rings. The molecule has 30 heavy (non-hydrogen) atoms. The third kappa shape index (κ3) is 4.01. The number of carbonyl (C=O) groups is 1. The Morgan fingerprint density at radius 2 is 1.43 bits per heavy atom. The summed E-state index contributed by atoms with van der Waals surface area (Å²) in [4.78, 5) is 28.9. The van der Waals surface area contributed by atoms with Gasteiger partial charge >= 0.3 is 0 Å². The van der Waals surface area contributed by atoms with Crippen LogP contribution in [-0.4, -0.2) is 76.9 Å². The van der Waals surface area contributed by atoms with Crippen LogP contribution in [0.5, 0.6) is 0 Å². The van der Waals surface area contributed by atoms with Crippen molar-refractivity contribution in [2.24, 2.45) is 5.92 Å². The van der Waals surface area contributed by atoms with Crippen molar-refractivity contribution in [2.75, 3.05) is 38.1 Å². The van der Waals surface area contributed by atoms with Crippen LogP contribution >= 0.6 is 0 Å². The fourth-order valence-electron chi connectivity index (χ4n) is 6.56. The number of Topliss-reactive ketones (excluding diaryl/α,β-unsaturated/α-hetero) is 1. The summed E-state index contributed by atoms with van der Waals surface area (Å²) in [6.07, 6.45) is 13.7. The van der Waals surface area contributed by atoms with E-state index in [-0.39, 0.29) is 0 Å². The fraction of sp³-hybridized carbons (Fsp3) is 0.792. The first-order valence-corrected chi connectivity index (χ1v) is 12.1. The van der Waals surface area contributed by atoms with E-state index in [2.05, 4.69) is 34.1 Å². The van der Waals surface area contributed by atoms with Gasteiger partial charge in [0.25, 0.3) is 0 Å². The van der Waals surface area contributed by atoms with E-state index in [0.717, 1.165) is 31.9 Å². The summed E-state index contributed by atoms with van der Waals surface area (Å²) < 4.78 is 0. The lowest BCUT2D eigenvalue weighted by atomic mass is 9.82. The average molecular weight is 412 g/mol. The second-order valence-corrected chi connectivity index (χ2v) is 10.3. The Hall–Kier alpha value is -1.53. The number of ketones is 1. The molecule has 4 heterocycles. The highest BCUT2D eigenvalue weighted by Crippen LogP contribution is 2.35. The molecule has 0 amide bonds. The largest absolute Gasteiger partial charge is 0.332 e. The van der Waals surface area contributed by atoms with E-state index in [1.54, 1.807) is 6.92 Å². The maximum atomic E-state index is 11.6. The normalized spacial score (nSPS) is 33.7. The summed E-state index contributed by atoms with van der Waals surface area (Å²) in [7, 11) is 2.23. The van der Waals surface area contributed by atoms with Crippen molar-refractivity contribution in [3.05, 3.63) is 18.0 Å². The van der Waals surface area contributed by atoms with Crippen molar-refractivity contribution in [1.82, 2.24) is 19.8 Å². The van der Waals surface area contributed by atoms with Crippen LogP contribution in [0.4, 0.5) is 5.95 Å². The maximum absolute atomic E-state index is 11.6. The molecule has 164 valence electrons. The lowest BCUT2D eigenvalue weighted by Crippen LogP contribution is -2.53. The molecule has 0 radical (unpaired) electrons. The van der Waals surface area contributed by atoms with E-state index in [1.165, 1.54) is 57.2 Å². The molecular weight excluding hydrogens is 374 g/mol. The monoisotopic (exact) mass is 411 g/mol. The number of piperazine rings is 1. The number of carbonyl (C=O) groups excluding carboxylic acids is 1. The third-order valence-electron chi connectivity index (χ3n) is 8.34. The van der Waals surface area contributed by atoms with Gasteiger partial charge in [-0.25, -0.2) is 9.97 Å². The van der Waals surface area contributed by atoms with Crippen LogP contribution in [-0.2, 0) is 4.79 Å². The van der Waals surface area contributed by atoms with Gasteiger partial charge in [0.1, 0.15) is 5.78 Å². The van der Waals surface area contributed by atoms with Gasteiger partial charge in [-0.2, -0.15) is 0 Å². The van der Waals surface area contributed by atoms with Gasteiger partial charge in [-0.05, 0) is 89.9 Å². The zero-order valence-corrected chi connectivity index (χ0v) is 18.7. The van der Waals surface area contributed by atoms with Crippen LogP contribution in [0.1, 0.15) is 69.8 Å². The lowest BCUT2D eigenvalue weighted by molar-refractivity contribution is -0.122. The molecule has 2 atom stereocenters. The van der Waals surface area contributed by atoms with Crippen LogP contribution < -0.4 is 4.90 Å². The zero-order chi connectivity index (χ0) is 20.7. The number of piperidine rings is 1. The summed E-state index contributed by atoms with van der Waals surface area (Å²) in [6.45, 7) is 6.37. The minimum Gasteiger partial charge on any atom is -0.332 e. The first-order valence-electron chi connectivity index (χ1n) is 12.1. The third-order valence-corrected chi connectivity index (χ3v) is 8.34. The van der Waals surface area contributed by atoms with E-state index >= 15 is 0 Å². The average Bonchev–Trinajstić information content (AvgIpc) is 3.05. The van der Waals surface area contributed by atoms with Crippen molar-refractivity contribution in [1.29, 1.82) is 0 Å². The molecule has 3 saturated heterocycles. The number of aromatic nitrogens is 2. The Labute approximate surface area is 181 Å². The summed E-state index contributed by atoms with van der Waals surface area (Å²) in [5, 5.41) is 0. The molecule has 6 heteroatoms. The Morgan fingerprint density at radius 1 is 0.867 bits per heavy atom. The molecule has 1 aliphatic carbocycles. The van der Waals surface area contributed by atoms with Crippen molar-refractivity contribution in [3.8, 4) is 0 Å². The predicted octanol–water partition coefficient (Wildman–Crippen LogP) is 3.09. The van der Waals surface area contributed by atoms with E-state index < -0.39 is 0 Å².